The molecule has 0 saturated carbocycles. The van der Waals surface area contributed by atoms with E-state index in [1.807, 2.05) is 41.5 Å². The highest BCUT2D eigenvalue weighted by Gasteiger charge is 2.24. The number of carbonyl (C=O) groups is 2. The highest BCUT2D eigenvalue weighted by Crippen LogP contribution is 2.24. The van der Waals surface area contributed by atoms with Crippen LogP contribution in [0.4, 0.5) is 5.69 Å². The number of halogens is 2. The van der Waals surface area contributed by atoms with Crippen LogP contribution < -0.4 is 10.2 Å². The minimum absolute atomic E-state index is 0.0821. The maximum Gasteiger partial charge on any atom is 0.253 e. The van der Waals surface area contributed by atoms with Crippen molar-refractivity contribution in [2.24, 2.45) is 0 Å². The van der Waals surface area contributed by atoms with E-state index in [4.69, 9.17) is 23.2 Å². The smallest absolute Gasteiger partial charge is 0.253 e. The molecule has 0 unspecified atom stereocenters. The van der Waals surface area contributed by atoms with Gasteiger partial charge in [0.05, 0.1) is 22.4 Å². The zero-order valence-electron chi connectivity index (χ0n) is 20.2. The van der Waals surface area contributed by atoms with Gasteiger partial charge in [-0.3, -0.25) is 9.59 Å². The Kier molecular flexibility index (Phi) is 8.77. The van der Waals surface area contributed by atoms with Crippen LogP contribution in [0.1, 0.15) is 36.1 Å². The van der Waals surface area contributed by atoms with Gasteiger partial charge in [-0.15, -0.1) is 10.2 Å². The Hall–Kier alpha value is -2.75. The van der Waals surface area contributed by atoms with Crippen LogP contribution in [-0.2, 0) is 11.3 Å². The van der Waals surface area contributed by atoms with Crippen molar-refractivity contribution in [3.8, 4) is 0 Å². The highest BCUT2D eigenvalue weighted by atomic mass is 35.5. The summed E-state index contributed by atoms with van der Waals surface area (Å²) in [7, 11) is 0. The Morgan fingerprint density at radius 1 is 1.06 bits per heavy atom. The zero-order chi connectivity index (χ0) is 25.7. The molecule has 0 bridgehead atoms. The predicted octanol–water partition coefficient (Wildman–Crippen LogP) is 4.54. The topological polar surface area (TPSA) is 83.4 Å². The van der Waals surface area contributed by atoms with Crippen molar-refractivity contribution < 1.29 is 9.59 Å². The first-order valence-corrected chi connectivity index (χ1v) is 13.5. The van der Waals surface area contributed by atoms with Crippen molar-refractivity contribution >= 4 is 52.5 Å². The third kappa shape index (κ3) is 6.14. The molecule has 2 aromatic carbocycles. The number of benzene rings is 2. The van der Waals surface area contributed by atoms with Gasteiger partial charge in [-0.2, -0.15) is 0 Å². The number of para-hydroxylation sites is 1. The Balaban J connectivity index is 1.33. The lowest BCUT2D eigenvalue weighted by molar-refractivity contribution is -0.128. The molecule has 1 aliphatic heterocycles. The first-order valence-electron chi connectivity index (χ1n) is 11.8. The van der Waals surface area contributed by atoms with Gasteiger partial charge in [-0.1, -0.05) is 53.2 Å². The van der Waals surface area contributed by atoms with Crippen molar-refractivity contribution in [1.29, 1.82) is 0 Å². The van der Waals surface area contributed by atoms with E-state index in [2.05, 4.69) is 32.5 Å². The Bertz CT molecular complexity index is 1210. The van der Waals surface area contributed by atoms with E-state index >= 15 is 0 Å². The molecule has 11 heteroatoms. The number of nitrogens with zero attached hydrogens (tertiary/aromatic N) is 5. The summed E-state index contributed by atoms with van der Waals surface area (Å²) in [5, 5.41) is 12.9. The molecule has 1 N–H and O–H groups in total. The maximum atomic E-state index is 12.9. The third-order valence-electron chi connectivity index (χ3n) is 6.05. The van der Waals surface area contributed by atoms with Gasteiger partial charge in [0.25, 0.3) is 5.91 Å². The number of hydrogen-bond acceptors (Lipinski definition) is 6. The molecule has 2 amide bonds. The molecule has 1 aromatic heterocycles. The minimum atomic E-state index is -0.409. The number of thioether (sulfide) groups is 1. The number of anilines is 1. The molecule has 1 atom stereocenters. The van der Waals surface area contributed by atoms with E-state index < -0.39 is 6.04 Å². The summed E-state index contributed by atoms with van der Waals surface area (Å²) < 4.78 is 1.92. The van der Waals surface area contributed by atoms with Crippen LogP contribution in [0.2, 0.25) is 10.0 Å². The van der Waals surface area contributed by atoms with Gasteiger partial charge in [0.1, 0.15) is 0 Å². The molecule has 1 fully saturated rings. The second kappa shape index (κ2) is 12.0. The number of aromatic nitrogens is 3. The van der Waals surface area contributed by atoms with Gasteiger partial charge in [-0.05, 0) is 44.2 Å². The molecule has 8 nitrogen and oxygen atoms in total. The molecular formula is C25H28Cl2N6O2S. The molecule has 1 aliphatic rings. The van der Waals surface area contributed by atoms with Crippen LogP contribution in [0.25, 0.3) is 0 Å². The van der Waals surface area contributed by atoms with Gasteiger partial charge >= 0.3 is 0 Å². The molecule has 190 valence electrons. The van der Waals surface area contributed by atoms with Gasteiger partial charge < -0.3 is 19.7 Å². The number of piperazine rings is 1. The lowest BCUT2D eigenvalue weighted by Gasteiger charge is -2.36. The fraction of sp³-hybridized carbons (Fsp3) is 0.360. The molecule has 4 rings (SSSR count). The predicted molar refractivity (Wildman–Crippen MR) is 144 cm³/mol. The number of hydrogen-bond donors (Lipinski definition) is 1. The number of rotatable bonds is 8. The first-order chi connectivity index (χ1) is 17.4. The van der Waals surface area contributed by atoms with E-state index in [1.165, 1.54) is 23.5 Å². The zero-order valence-corrected chi connectivity index (χ0v) is 22.5. The number of nitrogens with one attached hydrogen (secondary N) is 1. The summed E-state index contributed by atoms with van der Waals surface area (Å²) in [6.07, 6.45) is 0. The second-order valence-corrected chi connectivity index (χ2v) is 10.2. The van der Waals surface area contributed by atoms with Crippen LogP contribution in [0.3, 0.4) is 0 Å². The summed E-state index contributed by atoms with van der Waals surface area (Å²) >= 11 is 13.5. The monoisotopic (exact) mass is 546 g/mol. The van der Waals surface area contributed by atoms with Crippen LogP contribution >= 0.6 is 35.0 Å². The fourth-order valence-corrected chi connectivity index (χ4v) is 5.51. The Morgan fingerprint density at radius 2 is 1.78 bits per heavy atom. The van der Waals surface area contributed by atoms with Gasteiger partial charge in [-0.25, -0.2) is 0 Å². The second-order valence-electron chi connectivity index (χ2n) is 8.40. The molecule has 0 spiro atoms. The normalized spacial score (nSPS) is 14.6. The summed E-state index contributed by atoms with van der Waals surface area (Å²) in [6, 6.07) is 14.6. The molecule has 3 aromatic rings. The molecule has 0 aliphatic carbocycles. The lowest BCUT2D eigenvalue weighted by atomic mass is 10.2. The Labute approximate surface area is 225 Å². The van der Waals surface area contributed by atoms with Crippen molar-refractivity contribution in [2.45, 2.75) is 31.6 Å². The van der Waals surface area contributed by atoms with Gasteiger partial charge in [0, 0.05) is 43.4 Å². The third-order valence-corrected chi connectivity index (χ3v) is 7.55. The summed E-state index contributed by atoms with van der Waals surface area (Å²) in [5.74, 6) is 0.653. The van der Waals surface area contributed by atoms with Crippen molar-refractivity contribution in [1.82, 2.24) is 25.0 Å². The SMILES string of the molecule is CCn1c(SCC(=O)N2CCN(c3ccccc3)CC2)nnc1[C@H](C)NC(=O)c1ccc(Cl)cc1Cl. The summed E-state index contributed by atoms with van der Waals surface area (Å²) in [5.41, 5.74) is 1.52. The van der Waals surface area contributed by atoms with Gasteiger partial charge in [0.2, 0.25) is 5.91 Å². The summed E-state index contributed by atoms with van der Waals surface area (Å²) in [6.45, 7) is 7.42. The van der Waals surface area contributed by atoms with E-state index in [9.17, 15) is 9.59 Å². The molecular weight excluding hydrogens is 519 g/mol. The first kappa shape index (κ1) is 26.3. The minimum Gasteiger partial charge on any atom is -0.368 e. The lowest BCUT2D eigenvalue weighted by Crippen LogP contribution is -2.49. The van der Waals surface area contributed by atoms with E-state index in [1.54, 1.807) is 12.1 Å². The van der Waals surface area contributed by atoms with Crippen LogP contribution in [0.15, 0.2) is 53.7 Å². The maximum absolute atomic E-state index is 12.9. The van der Waals surface area contributed by atoms with Gasteiger partial charge in [0.15, 0.2) is 11.0 Å². The molecule has 1 saturated heterocycles. The van der Waals surface area contributed by atoms with Crippen LogP contribution in [0, 0.1) is 0 Å². The number of amides is 2. The van der Waals surface area contributed by atoms with Crippen molar-refractivity contribution in [3.63, 3.8) is 0 Å². The Morgan fingerprint density at radius 3 is 2.44 bits per heavy atom. The van der Waals surface area contributed by atoms with Crippen LogP contribution in [0.5, 0.6) is 0 Å². The standard InChI is InChI=1S/C25H28Cl2N6O2S/c1-3-33-23(17(2)28-24(35)20-10-9-18(26)15-21(20)27)29-30-25(33)36-16-22(34)32-13-11-31(12-14-32)19-7-5-4-6-8-19/h4-10,15,17H,3,11-14,16H2,1-2H3,(H,28,35)/t17-/m0/s1. The van der Waals surface area contributed by atoms with E-state index in [0.717, 1.165) is 13.1 Å². The highest BCUT2D eigenvalue weighted by molar-refractivity contribution is 7.99. The van der Waals surface area contributed by atoms with Crippen molar-refractivity contribution in [3.05, 3.63) is 70.0 Å². The van der Waals surface area contributed by atoms with E-state index in [0.29, 0.717) is 41.2 Å². The largest absolute Gasteiger partial charge is 0.368 e. The molecule has 2 heterocycles. The van der Waals surface area contributed by atoms with E-state index in [-0.39, 0.29) is 22.6 Å². The molecule has 0 radical (unpaired) electrons. The van der Waals surface area contributed by atoms with Crippen molar-refractivity contribution in [2.75, 3.05) is 36.8 Å². The van der Waals surface area contributed by atoms with Crippen LogP contribution in [-0.4, -0.2) is 63.4 Å². The quantitative estimate of drug-likeness (QED) is 0.417. The molecule has 36 heavy (non-hydrogen) atoms. The number of carbonyl (C=O) groups excluding carboxylic acids is 2. The average Bonchev–Trinajstić information content (AvgIpc) is 3.31. The summed E-state index contributed by atoms with van der Waals surface area (Å²) in [4.78, 5) is 29.8. The fourth-order valence-electron chi connectivity index (χ4n) is 4.11. The average molecular weight is 548 g/mol.